The molecule has 3 N–H and O–H groups in total. The van der Waals surface area contributed by atoms with E-state index < -0.39 is 0 Å². The molecule has 0 spiro atoms. The minimum atomic E-state index is -0.334. The number of fused-ring (bicyclic) bond motifs is 1. The molecule has 30 heavy (non-hydrogen) atoms. The zero-order chi connectivity index (χ0) is 21.3. The van der Waals surface area contributed by atoms with Gasteiger partial charge >= 0.3 is 6.03 Å². The molecule has 1 atom stereocenters. The molecule has 154 valence electrons. The van der Waals surface area contributed by atoms with Gasteiger partial charge in [-0.3, -0.25) is 4.79 Å². The van der Waals surface area contributed by atoms with Crippen LogP contribution in [0.4, 0.5) is 16.2 Å². The van der Waals surface area contributed by atoms with E-state index in [1.165, 1.54) is 0 Å². The van der Waals surface area contributed by atoms with Gasteiger partial charge in [0.15, 0.2) is 6.61 Å². The van der Waals surface area contributed by atoms with E-state index in [2.05, 4.69) is 21.0 Å². The molecular weight excluding hydrogens is 382 g/mol. The SMILES string of the molecule is Cc1nn(-c2ccccc2)c(C)c1NC(=O)NC(C)c1ccc2c(c1)NC(=O)CO2. The van der Waals surface area contributed by atoms with Gasteiger partial charge in [-0.05, 0) is 50.6 Å². The molecule has 4 rings (SSSR count). The maximum atomic E-state index is 12.6. The summed E-state index contributed by atoms with van der Waals surface area (Å²) in [4.78, 5) is 24.2. The van der Waals surface area contributed by atoms with E-state index in [1.807, 2.05) is 57.2 Å². The van der Waals surface area contributed by atoms with E-state index >= 15 is 0 Å². The van der Waals surface area contributed by atoms with Gasteiger partial charge in [0.2, 0.25) is 0 Å². The predicted molar refractivity (Wildman–Crippen MR) is 114 cm³/mol. The maximum Gasteiger partial charge on any atom is 0.319 e. The first kappa shape index (κ1) is 19.5. The van der Waals surface area contributed by atoms with E-state index in [-0.39, 0.29) is 24.6 Å². The highest BCUT2D eigenvalue weighted by Crippen LogP contribution is 2.30. The van der Waals surface area contributed by atoms with Gasteiger partial charge in [0.25, 0.3) is 5.91 Å². The number of nitrogens with zero attached hydrogens (tertiary/aromatic N) is 2. The molecule has 1 aromatic heterocycles. The molecule has 2 heterocycles. The van der Waals surface area contributed by atoms with Crippen molar-refractivity contribution in [1.82, 2.24) is 15.1 Å². The maximum absolute atomic E-state index is 12.6. The number of amides is 3. The minimum absolute atomic E-state index is 0.0118. The molecule has 2 aromatic carbocycles. The van der Waals surface area contributed by atoms with Crippen molar-refractivity contribution < 1.29 is 14.3 Å². The Hall–Kier alpha value is -3.81. The second kappa shape index (κ2) is 7.90. The number of carbonyl (C=O) groups excluding carboxylic acids is 2. The first-order chi connectivity index (χ1) is 14.4. The normalized spacial score (nSPS) is 13.6. The Morgan fingerprint density at radius 3 is 2.73 bits per heavy atom. The van der Waals surface area contributed by atoms with Gasteiger partial charge < -0.3 is 20.7 Å². The van der Waals surface area contributed by atoms with Gasteiger partial charge in [-0.15, -0.1) is 0 Å². The number of ether oxygens (including phenoxy) is 1. The van der Waals surface area contributed by atoms with Crippen LogP contribution in [-0.2, 0) is 4.79 Å². The van der Waals surface area contributed by atoms with Crippen molar-refractivity contribution in [1.29, 1.82) is 0 Å². The molecule has 1 aliphatic rings. The van der Waals surface area contributed by atoms with Gasteiger partial charge in [-0.25, -0.2) is 9.48 Å². The van der Waals surface area contributed by atoms with Crippen molar-refractivity contribution >= 4 is 23.3 Å². The van der Waals surface area contributed by atoms with Gasteiger partial charge in [-0.1, -0.05) is 24.3 Å². The third-order valence-electron chi connectivity index (χ3n) is 5.01. The fourth-order valence-electron chi connectivity index (χ4n) is 3.44. The Balaban J connectivity index is 1.47. The summed E-state index contributed by atoms with van der Waals surface area (Å²) in [6, 6.07) is 14.6. The zero-order valence-corrected chi connectivity index (χ0v) is 17.0. The van der Waals surface area contributed by atoms with Crippen molar-refractivity contribution in [3.05, 3.63) is 65.5 Å². The Kier molecular flexibility index (Phi) is 5.14. The van der Waals surface area contributed by atoms with E-state index in [4.69, 9.17) is 4.74 Å². The molecule has 0 saturated heterocycles. The number of rotatable bonds is 4. The first-order valence-corrected chi connectivity index (χ1v) is 9.68. The van der Waals surface area contributed by atoms with Crippen LogP contribution < -0.4 is 20.7 Å². The minimum Gasteiger partial charge on any atom is -0.482 e. The highest BCUT2D eigenvalue weighted by atomic mass is 16.5. The van der Waals surface area contributed by atoms with E-state index in [9.17, 15) is 9.59 Å². The van der Waals surface area contributed by atoms with Crippen LogP contribution in [0.3, 0.4) is 0 Å². The number of benzene rings is 2. The summed E-state index contributed by atoms with van der Waals surface area (Å²) in [5.41, 5.74) is 4.63. The van der Waals surface area contributed by atoms with Crippen LogP contribution in [0, 0.1) is 13.8 Å². The number of anilines is 2. The molecule has 0 fully saturated rings. The molecule has 0 saturated carbocycles. The van der Waals surface area contributed by atoms with Gasteiger partial charge in [0, 0.05) is 0 Å². The summed E-state index contributed by atoms with van der Waals surface area (Å²) in [6.07, 6.45) is 0. The third-order valence-corrected chi connectivity index (χ3v) is 5.01. The lowest BCUT2D eigenvalue weighted by Gasteiger charge is -2.21. The van der Waals surface area contributed by atoms with Crippen molar-refractivity contribution in [2.24, 2.45) is 0 Å². The van der Waals surface area contributed by atoms with Crippen LogP contribution in [-0.4, -0.2) is 28.3 Å². The van der Waals surface area contributed by atoms with Gasteiger partial charge in [0.05, 0.1) is 34.5 Å². The fraction of sp³-hybridized carbons (Fsp3) is 0.227. The van der Waals surface area contributed by atoms with E-state index in [0.717, 1.165) is 22.6 Å². The summed E-state index contributed by atoms with van der Waals surface area (Å²) in [7, 11) is 0. The van der Waals surface area contributed by atoms with Crippen LogP contribution in [0.1, 0.15) is 29.9 Å². The average molecular weight is 405 g/mol. The highest BCUT2D eigenvalue weighted by molar-refractivity contribution is 5.95. The Bertz CT molecular complexity index is 1110. The monoisotopic (exact) mass is 405 g/mol. The molecule has 3 amide bonds. The van der Waals surface area contributed by atoms with Crippen molar-refractivity contribution in [2.75, 3.05) is 17.2 Å². The number of para-hydroxylation sites is 1. The van der Waals surface area contributed by atoms with Crippen molar-refractivity contribution in [3.63, 3.8) is 0 Å². The predicted octanol–water partition coefficient (Wildman–Crippen LogP) is 3.70. The van der Waals surface area contributed by atoms with Crippen LogP contribution in [0.5, 0.6) is 5.75 Å². The van der Waals surface area contributed by atoms with Crippen molar-refractivity contribution in [3.8, 4) is 11.4 Å². The fourth-order valence-corrected chi connectivity index (χ4v) is 3.44. The molecule has 0 radical (unpaired) electrons. The number of hydrogen-bond donors (Lipinski definition) is 3. The lowest BCUT2D eigenvalue weighted by Crippen LogP contribution is -2.32. The van der Waals surface area contributed by atoms with E-state index in [1.54, 1.807) is 16.8 Å². The lowest BCUT2D eigenvalue weighted by molar-refractivity contribution is -0.118. The van der Waals surface area contributed by atoms with Gasteiger partial charge in [-0.2, -0.15) is 5.10 Å². The number of nitrogens with one attached hydrogen (secondary N) is 3. The molecule has 3 aromatic rings. The summed E-state index contributed by atoms with van der Waals surface area (Å²) >= 11 is 0. The Labute approximate surface area is 174 Å². The Morgan fingerprint density at radius 1 is 1.20 bits per heavy atom. The highest BCUT2D eigenvalue weighted by Gasteiger charge is 2.19. The molecule has 1 aliphatic heterocycles. The number of hydrogen-bond acceptors (Lipinski definition) is 4. The number of carbonyl (C=O) groups is 2. The van der Waals surface area contributed by atoms with Crippen LogP contribution in [0.25, 0.3) is 5.69 Å². The smallest absolute Gasteiger partial charge is 0.319 e. The molecule has 0 aliphatic carbocycles. The number of urea groups is 1. The standard InChI is InChI=1S/C22H23N5O3/c1-13(16-9-10-19-18(11-16)24-20(28)12-30-19)23-22(29)25-21-14(2)26-27(15(21)3)17-7-5-4-6-8-17/h4-11,13H,12H2,1-3H3,(H,24,28)(H2,23,25,29). The lowest BCUT2D eigenvalue weighted by atomic mass is 10.1. The third kappa shape index (κ3) is 3.84. The van der Waals surface area contributed by atoms with Gasteiger partial charge in [0.1, 0.15) is 5.75 Å². The molecule has 1 unspecified atom stereocenters. The quantitative estimate of drug-likeness (QED) is 0.616. The average Bonchev–Trinajstić information content (AvgIpc) is 3.02. The second-order valence-corrected chi connectivity index (χ2v) is 7.21. The number of aromatic nitrogens is 2. The first-order valence-electron chi connectivity index (χ1n) is 9.68. The Morgan fingerprint density at radius 2 is 1.97 bits per heavy atom. The molecule has 8 nitrogen and oxygen atoms in total. The van der Waals surface area contributed by atoms with Crippen LogP contribution in [0.15, 0.2) is 48.5 Å². The second-order valence-electron chi connectivity index (χ2n) is 7.21. The number of aryl methyl sites for hydroxylation is 1. The summed E-state index contributed by atoms with van der Waals surface area (Å²) in [6.45, 7) is 5.66. The molecule has 0 bridgehead atoms. The summed E-state index contributed by atoms with van der Waals surface area (Å²) < 4.78 is 7.18. The molecule has 8 heteroatoms. The largest absolute Gasteiger partial charge is 0.482 e. The van der Waals surface area contributed by atoms with Crippen LogP contribution in [0.2, 0.25) is 0 Å². The van der Waals surface area contributed by atoms with Crippen molar-refractivity contribution in [2.45, 2.75) is 26.8 Å². The molecular formula is C22H23N5O3. The summed E-state index contributed by atoms with van der Waals surface area (Å²) in [5.74, 6) is 0.425. The van der Waals surface area contributed by atoms with Crippen LogP contribution >= 0.6 is 0 Å². The summed E-state index contributed by atoms with van der Waals surface area (Å²) in [5, 5.41) is 13.2. The topological polar surface area (TPSA) is 97.3 Å². The van der Waals surface area contributed by atoms with E-state index in [0.29, 0.717) is 17.1 Å². The zero-order valence-electron chi connectivity index (χ0n) is 17.0.